The molecule has 1 N–H and O–H groups in total. The first-order valence-electron chi connectivity index (χ1n) is 3.69. The molecule has 2 saturated heterocycles. The fourth-order valence-electron chi connectivity index (χ4n) is 1.55. The summed E-state index contributed by atoms with van der Waals surface area (Å²) in [5.41, 5.74) is 0. The van der Waals surface area contributed by atoms with Gasteiger partial charge in [-0.05, 0) is 13.8 Å². The molecule has 0 radical (unpaired) electrons. The number of hydrogen-bond donors (Lipinski definition) is 1. The van der Waals surface area contributed by atoms with E-state index < -0.39 is 6.10 Å². The van der Waals surface area contributed by atoms with Gasteiger partial charge in [-0.15, -0.1) is 0 Å². The topological polar surface area (TPSA) is 42.0 Å². The predicted octanol–water partition coefficient (Wildman–Crippen LogP) is -0.0781. The van der Waals surface area contributed by atoms with E-state index in [1.807, 2.05) is 13.8 Å². The fourth-order valence-corrected chi connectivity index (χ4v) is 1.55. The molecule has 2 aliphatic rings. The highest BCUT2D eigenvalue weighted by Crippen LogP contribution is 2.36. The minimum atomic E-state index is -0.416. The van der Waals surface area contributed by atoms with E-state index in [2.05, 4.69) is 0 Å². The Balaban J connectivity index is 2.05. The lowest BCUT2D eigenvalue weighted by molar-refractivity contribution is -0.0836. The largest absolute Gasteiger partial charge is 0.388 e. The Labute approximate surface area is 59.9 Å². The van der Waals surface area contributed by atoms with Crippen LogP contribution in [0.4, 0.5) is 0 Å². The van der Waals surface area contributed by atoms with E-state index in [9.17, 15) is 5.11 Å². The van der Waals surface area contributed by atoms with Crippen LogP contribution in [0.15, 0.2) is 0 Å². The second-order valence-corrected chi connectivity index (χ2v) is 3.10. The molecular formula is C7H12O3. The molecule has 0 bridgehead atoms. The molecule has 0 aromatic carbocycles. The molecule has 5 unspecified atom stereocenters. The van der Waals surface area contributed by atoms with Crippen molar-refractivity contribution in [1.29, 1.82) is 0 Å². The zero-order chi connectivity index (χ0) is 7.30. The molecule has 0 amide bonds. The lowest BCUT2D eigenvalue weighted by atomic mass is 10.0. The van der Waals surface area contributed by atoms with Crippen molar-refractivity contribution in [2.24, 2.45) is 0 Å². The van der Waals surface area contributed by atoms with Crippen molar-refractivity contribution in [1.82, 2.24) is 0 Å². The monoisotopic (exact) mass is 144 g/mol. The first kappa shape index (κ1) is 6.58. The van der Waals surface area contributed by atoms with E-state index >= 15 is 0 Å². The van der Waals surface area contributed by atoms with Crippen LogP contribution in [0.2, 0.25) is 0 Å². The van der Waals surface area contributed by atoms with E-state index in [1.165, 1.54) is 0 Å². The van der Waals surface area contributed by atoms with Crippen molar-refractivity contribution in [3.05, 3.63) is 0 Å². The smallest absolute Gasteiger partial charge is 0.115 e. The number of ether oxygens (including phenoxy) is 2. The minimum Gasteiger partial charge on any atom is -0.388 e. The van der Waals surface area contributed by atoms with Crippen molar-refractivity contribution in [2.45, 2.75) is 44.4 Å². The normalized spacial score (nSPS) is 59.7. The zero-order valence-electron chi connectivity index (χ0n) is 6.15. The summed E-state index contributed by atoms with van der Waals surface area (Å²) in [5, 5.41) is 9.36. The van der Waals surface area contributed by atoms with Gasteiger partial charge >= 0.3 is 0 Å². The van der Waals surface area contributed by atoms with Crippen LogP contribution in [0, 0.1) is 0 Å². The number of aliphatic hydroxyl groups excluding tert-OH is 1. The van der Waals surface area contributed by atoms with Gasteiger partial charge in [0.2, 0.25) is 0 Å². The second-order valence-electron chi connectivity index (χ2n) is 3.10. The molecule has 2 rings (SSSR count). The predicted molar refractivity (Wildman–Crippen MR) is 34.7 cm³/mol. The Hall–Kier alpha value is -0.120. The van der Waals surface area contributed by atoms with Crippen LogP contribution in [0.1, 0.15) is 13.8 Å². The summed E-state index contributed by atoms with van der Waals surface area (Å²) in [6, 6.07) is 0. The van der Waals surface area contributed by atoms with Gasteiger partial charge < -0.3 is 14.6 Å². The summed E-state index contributed by atoms with van der Waals surface area (Å²) in [6.45, 7) is 3.85. The fraction of sp³-hybridized carbons (Fsp3) is 1.00. The number of aliphatic hydroxyl groups is 1. The van der Waals surface area contributed by atoms with Crippen LogP contribution >= 0.6 is 0 Å². The van der Waals surface area contributed by atoms with E-state index in [0.717, 1.165) is 0 Å². The van der Waals surface area contributed by atoms with Gasteiger partial charge in [-0.2, -0.15) is 0 Å². The van der Waals surface area contributed by atoms with Gasteiger partial charge in [0.1, 0.15) is 18.3 Å². The third-order valence-corrected chi connectivity index (χ3v) is 2.27. The molecule has 5 atom stereocenters. The molecule has 2 aliphatic heterocycles. The van der Waals surface area contributed by atoms with Crippen molar-refractivity contribution >= 4 is 0 Å². The van der Waals surface area contributed by atoms with Crippen molar-refractivity contribution in [3.8, 4) is 0 Å². The Bertz CT molecular complexity index is 146. The van der Waals surface area contributed by atoms with E-state index in [1.54, 1.807) is 0 Å². The molecule has 3 heteroatoms. The van der Waals surface area contributed by atoms with Crippen LogP contribution in [0.5, 0.6) is 0 Å². The highest BCUT2D eigenvalue weighted by atomic mass is 16.7. The third-order valence-electron chi connectivity index (χ3n) is 2.27. The number of hydrogen-bond acceptors (Lipinski definition) is 3. The van der Waals surface area contributed by atoms with Gasteiger partial charge in [0.25, 0.3) is 0 Å². The summed E-state index contributed by atoms with van der Waals surface area (Å²) < 4.78 is 10.6. The van der Waals surface area contributed by atoms with Crippen LogP contribution < -0.4 is 0 Å². The summed E-state index contributed by atoms with van der Waals surface area (Å²) in [7, 11) is 0. The molecule has 58 valence electrons. The Morgan fingerprint density at radius 3 is 2.40 bits per heavy atom. The maximum absolute atomic E-state index is 9.36. The number of epoxide rings is 1. The standard InChI is InChI=1S/C7H12O3/c1-3-5(8)7-6(10-7)4(2)9-3/h3-8H,1-2H3. The van der Waals surface area contributed by atoms with E-state index in [-0.39, 0.29) is 24.4 Å². The van der Waals surface area contributed by atoms with Crippen LogP contribution in [-0.2, 0) is 9.47 Å². The minimum absolute atomic E-state index is 0.0544. The molecule has 3 nitrogen and oxygen atoms in total. The quantitative estimate of drug-likeness (QED) is 0.483. The summed E-state index contributed by atoms with van der Waals surface area (Å²) >= 11 is 0. The van der Waals surface area contributed by atoms with Crippen LogP contribution in [-0.4, -0.2) is 35.6 Å². The SMILES string of the molecule is CC1OC(C)C2OC2C1O. The molecule has 0 saturated carbocycles. The summed E-state index contributed by atoms with van der Waals surface area (Å²) in [6.07, 6.45) is -0.117. The average Bonchev–Trinajstić information content (AvgIpc) is 2.61. The van der Waals surface area contributed by atoms with Gasteiger partial charge in [-0.3, -0.25) is 0 Å². The average molecular weight is 144 g/mol. The highest BCUT2D eigenvalue weighted by Gasteiger charge is 2.54. The van der Waals surface area contributed by atoms with Crippen molar-refractivity contribution in [3.63, 3.8) is 0 Å². The van der Waals surface area contributed by atoms with Crippen LogP contribution in [0.25, 0.3) is 0 Å². The first-order chi connectivity index (χ1) is 4.70. The Morgan fingerprint density at radius 1 is 1.00 bits per heavy atom. The first-order valence-corrected chi connectivity index (χ1v) is 3.69. The van der Waals surface area contributed by atoms with Crippen LogP contribution in [0.3, 0.4) is 0 Å². The molecule has 0 spiro atoms. The van der Waals surface area contributed by atoms with Gasteiger partial charge in [-0.1, -0.05) is 0 Å². The molecule has 0 aromatic heterocycles. The maximum atomic E-state index is 9.36. The molecule has 0 aliphatic carbocycles. The number of fused-ring (bicyclic) bond motifs is 1. The highest BCUT2D eigenvalue weighted by molar-refractivity contribution is 5.00. The van der Waals surface area contributed by atoms with Gasteiger partial charge in [-0.25, -0.2) is 0 Å². The van der Waals surface area contributed by atoms with E-state index in [4.69, 9.17) is 9.47 Å². The lowest BCUT2D eigenvalue weighted by Crippen LogP contribution is -2.42. The van der Waals surface area contributed by atoms with Gasteiger partial charge in [0.15, 0.2) is 0 Å². The molecule has 10 heavy (non-hydrogen) atoms. The lowest BCUT2D eigenvalue weighted by Gasteiger charge is -2.25. The maximum Gasteiger partial charge on any atom is 0.115 e. The Kier molecular flexibility index (Phi) is 1.27. The second kappa shape index (κ2) is 1.94. The molecule has 2 heterocycles. The molecule has 2 fully saturated rings. The Morgan fingerprint density at radius 2 is 1.70 bits per heavy atom. The van der Waals surface area contributed by atoms with Gasteiger partial charge in [0.05, 0.1) is 12.2 Å². The van der Waals surface area contributed by atoms with Gasteiger partial charge in [0, 0.05) is 0 Å². The zero-order valence-corrected chi connectivity index (χ0v) is 6.15. The third kappa shape index (κ3) is 0.779. The number of rotatable bonds is 0. The molecule has 0 aromatic rings. The molecular weight excluding hydrogens is 132 g/mol. The van der Waals surface area contributed by atoms with Crippen molar-refractivity contribution in [2.75, 3.05) is 0 Å². The van der Waals surface area contributed by atoms with Crippen molar-refractivity contribution < 1.29 is 14.6 Å². The van der Waals surface area contributed by atoms with E-state index in [0.29, 0.717) is 0 Å². The summed E-state index contributed by atoms with van der Waals surface area (Å²) in [5.74, 6) is 0. The summed E-state index contributed by atoms with van der Waals surface area (Å²) in [4.78, 5) is 0.